The lowest BCUT2D eigenvalue weighted by Crippen LogP contribution is -2.11. The molecular weight excluding hydrogens is 382 g/mol. The predicted octanol–water partition coefficient (Wildman–Crippen LogP) is 7.62. The van der Waals surface area contributed by atoms with Gasteiger partial charge < -0.3 is 9.15 Å². The zero-order valence-corrected chi connectivity index (χ0v) is 18.3. The van der Waals surface area contributed by atoms with Gasteiger partial charge in [0.1, 0.15) is 16.9 Å². The summed E-state index contributed by atoms with van der Waals surface area (Å²) < 4.78 is 12.2. The molecule has 2 heterocycles. The molecule has 5 rings (SSSR count). The molecule has 3 aromatic carbocycles. The third-order valence-electron chi connectivity index (χ3n) is 5.79. The van der Waals surface area contributed by atoms with Gasteiger partial charge in [-0.3, -0.25) is 4.98 Å². The molecule has 154 valence electrons. The minimum absolute atomic E-state index is 0.0318. The number of ether oxygens (including phenoxy) is 1. The number of benzene rings is 3. The summed E-state index contributed by atoms with van der Waals surface area (Å²) in [5.74, 6) is 0.790. The number of nitrogens with zero attached hydrogens (tertiary/aromatic N) is 1. The van der Waals surface area contributed by atoms with Gasteiger partial charge in [-0.2, -0.15) is 0 Å². The number of hydrogen-bond acceptors (Lipinski definition) is 3. The smallest absolute Gasteiger partial charge is 0.145 e. The number of fused-ring (bicyclic) bond motifs is 3. The Bertz CT molecular complexity index is 1390. The van der Waals surface area contributed by atoms with Crippen molar-refractivity contribution in [3.63, 3.8) is 0 Å². The molecule has 0 aliphatic carbocycles. The second kappa shape index (κ2) is 7.28. The minimum atomic E-state index is 0.0318. The fourth-order valence-electron chi connectivity index (χ4n) is 4.07. The van der Waals surface area contributed by atoms with Gasteiger partial charge in [0.05, 0.1) is 12.8 Å². The summed E-state index contributed by atoms with van der Waals surface area (Å²) in [5.41, 5.74) is 7.01. The fraction of sp³-hybridized carbons (Fsp3) is 0.179. The first-order valence-corrected chi connectivity index (χ1v) is 10.5. The van der Waals surface area contributed by atoms with Crippen LogP contribution in [0.1, 0.15) is 26.3 Å². The molecule has 0 aliphatic rings. The first-order chi connectivity index (χ1) is 15.0. The molecular formula is C28H25NO2. The molecule has 0 unspecified atom stereocenters. The molecule has 2 aromatic heterocycles. The Balaban J connectivity index is 1.82. The number of hydrogen-bond donors (Lipinski definition) is 0. The Morgan fingerprint density at radius 1 is 0.774 bits per heavy atom. The fourth-order valence-corrected chi connectivity index (χ4v) is 4.07. The Morgan fingerprint density at radius 3 is 2.29 bits per heavy atom. The summed E-state index contributed by atoms with van der Waals surface area (Å²) in [5, 5.41) is 2.11. The van der Waals surface area contributed by atoms with E-state index in [1.807, 2.05) is 36.5 Å². The van der Waals surface area contributed by atoms with Crippen molar-refractivity contribution < 1.29 is 9.15 Å². The van der Waals surface area contributed by atoms with E-state index in [0.717, 1.165) is 50.1 Å². The molecule has 0 atom stereocenters. The zero-order valence-electron chi connectivity index (χ0n) is 18.3. The molecule has 0 saturated heterocycles. The van der Waals surface area contributed by atoms with Crippen LogP contribution in [0.3, 0.4) is 0 Å². The third-order valence-corrected chi connectivity index (χ3v) is 5.79. The molecule has 0 radical (unpaired) electrons. The van der Waals surface area contributed by atoms with Gasteiger partial charge in [0.25, 0.3) is 0 Å². The lowest BCUT2D eigenvalue weighted by atomic mass is 9.87. The summed E-state index contributed by atoms with van der Waals surface area (Å²) in [6.07, 6.45) is 1.87. The summed E-state index contributed by atoms with van der Waals surface area (Å²) in [6, 6.07) is 24.9. The van der Waals surface area contributed by atoms with Gasteiger partial charge in [-0.15, -0.1) is 0 Å². The quantitative estimate of drug-likeness (QED) is 0.308. The molecule has 0 bridgehead atoms. The number of para-hydroxylation sites is 1. The largest absolute Gasteiger partial charge is 0.497 e. The average molecular weight is 408 g/mol. The van der Waals surface area contributed by atoms with Crippen molar-refractivity contribution in [1.29, 1.82) is 0 Å². The first-order valence-electron chi connectivity index (χ1n) is 10.5. The van der Waals surface area contributed by atoms with E-state index >= 15 is 0 Å². The van der Waals surface area contributed by atoms with Gasteiger partial charge >= 0.3 is 0 Å². The number of methoxy groups -OCH3 is 1. The van der Waals surface area contributed by atoms with Crippen molar-refractivity contribution >= 4 is 21.9 Å². The van der Waals surface area contributed by atoms with Gasteiger partial charge in [-0.05, 0) is 40.8 Å². The van der Waals surface area contributed by atoms with Crippen molar-refractivity contribution in [3.05, 3.63) is 84.6 Å². The van der Waals surface area contributed by atoms with Crippen LogP contribution in [-0.2, 0) is 5.41 Å². The van der Waals surface area contributed by atoms with Gasteiger partial charge in [-0.1, -0.05) is 69.3 Å². The Morgan fingerprint density at radius 2 is 1.55 bits per heavy atom. The van der Waals surface area contributed by atoms with E-state index in [4.69, 9.17) is 9.15 Å². The number of pyridine rings is 1. The molecule has 31 heavy (non-hydrogen) atoms. The first kappa shape index (κ1) is 19.4. The molecule has 0 spiro atoms. The highest BCUT2D eigenvalue weighted by Gasteiger charge is 2.20. The highest BCUT2D eigenvalue weighted by atomic mass is 16.5. The number of aromatic nitrogens is 1. The summed E-state index contributed by atoms with van der Waals surface area (Å²) in [7, 11) is 1.70. The van der Waals surface area contributed by atoms with Crippen LogP contribution in [0.5, 0.6) is 5.75 Å². The topological polar surface area (TPSA) is 35.3 Å². The Hall–Kier alpha value is -3.59. The zero-order chi connectivity index (χ0) is 21.6. The Labute approximate surface area is 182 Å². The van der Waals surface area contributed by atoms with Gasteiger partial charge in [0, 0.05) is 28.1 Å². The normalized spacial score (nSPS) is 11.9. The van der Waals surface area contributed by atoms with Crippen LogP contribution in [0, 0.1) is 0 Å². The van der Waals surface area contributed by atoms with Crippen LogP contribution >= 0.6 is 0 Å². The van der Waals surface area contributed by atoms with Gasteiger partial charge in [0.2, 0.25) is 0 Å². The van der Waals surface area contributed by atoms with Crippen molar-refractivity contribution in [2.24, 2.45) is 0 Å². The highest BCUT2D eigenvalue weighted by Crippen LogP contribution is 2.42. The predicted molar refractivity (Wildman–Crippen MR) is 128 cm³/mol. The van der Waals surface area contributed by atoms with Crippen LogP contribution in [0.2, 0.25) is 0 Å². The maximum Gasteiger partial charge on any atom is 0.145 e. The van der Waals surface area contributed by atoms with E-state index in [9.17, 15) is 0 Å². The summed E-state index contributed by atoms with van der Waals surface area (Å²) in [4.78, 5) is 4.68. The second-order valence-electron chi connectivity index (χ2n) is 8.88. The second-order valence-corrected chi connectivity index (χ2v) is 8.88. The van der Waals surface area contributed by atoms with Crippen molar-refractivity contribution in [2.45, 2.75) is 26.2 Å². The van der Waals surface area contributed by atoms with Gasteiger partial charge in [-0.25, -0.2) is 0 Å². The van der Waals surface area contributed by atoms with Crippen LogP contribution in [0.4, 0.5) is 0 Å². The molecule has 3 heteroatoms. The van der Waals surface area contributed by atoms with Gasteiger partial charge in [0.15, 0.2) is 0 Å². The van der Waals surface area contributed by atoms with Crippen LogP contribution in [-0.4, -0.2) is 12.1 Å². The highest BCUT2D eigenvalue weighted by molar-refractivity contribution is 6.13. The summed E-state index contributed by atoms with van der Waals surface area (Å²) >= 11 is 0. The molecule has 0 fully saturated rings. The van der Waals surface area contributed by atoms with E-state index in [0.29, 0.717) is 0 Å². The van der Waals surface area contributed by atoms with E-state index in [1.165, 1.54) is 5.56 Å². The number of furan rings is 1. The van der Waals surface area contributed by atoms with E-state index in [1.54, 1.807) is 7.11 Å². The lowest BCUT2D eigenvalue weighted by Gasteiger charge is -2.19. The van der Waals surface area contributed by atoms with E-state index in [2.05, 4.69) is 68.2 Å². The maximum atomic E-state index is 6.55. The van der Waals surface area contributed by atoms with Crippen molar-refractivity contribution in [2.75, 3.05) is 7.11 Å². The molecule has 3 nitrogen and oxygen atoms in total. The Kier molecular flexibility index (Phi) is 4.55. The standard InChI is InChI=1S/C28H25NO2/c1-28(2,3)19-13-14-29-25(15-19)24-17-20(30-4)16-23-22-12-8-11-21(26(22)31-27(23)24)18-9-6-5-7-10-18/h5-17H,1-4H3. The molecule has 0 saturated carbocycles. The number of rotatable bonds is 3. The molecule has 0 N–H and O–H groups in total. The van der Waals surface area contributed by atoms with Crippen molar-refractivity contribution in [1.82, 2.24) is 4.98 Å². The third kappa shape index (κ3) is 3.36. The van der Waals surface area contributed by atoms with Crippen LogP contribution < -0.4 is 4.74 Å². The molecule has 0 aliphatic heterocycles. The average Bonchev–Trinajstić information content (AvgIpc) is 3.17. The van der Waals surface area contributed by atoms with Crippen molar-refractivity contribution in [3.8, 4) is 28.1 Å². The molecule has 5 aromatic rings. The maximum absolute atomic E-state index is 6.55. The van der Waals surface area contributed by atoms with E-state index in [-0.39, 0.29) is 5.41 Å². The monoisotopic (exact) mass is 407 g/mol. The minimum Gasteiger partial charge on any atom is -0.497 e. The van der Waals surface area contributed by atoms with E-state index < -0.39 is 0 Å². The summed E-state index contributed by atoms with van der Waals surface area (Å²) in [6.45, 7) is 6.63. The SMILES string of the molecule is COc1cc(-c2cc(C(C)(C)C)ccn2)c2oc3c(-c4ccccc4)cccc3c2c1. The molecule has 0 amide bonds. The van der Waals surface area contributed by atoms with Crippen LogP contribution in [0.25, 0.3) is 44.3 Å². The van der Waals surface area contributed by atoms with Crippen LogP contribution in [0.15, 0.2) is 83.4 Å². The lowest BCUT2D eigenvalue weighted by molar-refractivity contribution is 0.415.